The second-order valence-electron chi connectivity index (χ2n) is 3.67. The Balaban J connectivity index is 3.03. The molecule has 0 aliphatic carbocycles. The third kappa shape index (κ3) is 3.54. The highest BCUT2D eigenvalue weighted by molar-refractivity contribution is 7.88. The largest absolute Gasteiger partial charge is 0.465 e. The number of benzene rings is 1. The molecule has 1 aromatic carbocycles. The molecule has 94 valence electrons. The maximum absolute atomic E-state index is 11.5. The molecule has 0 radical (unpaired) electrons. The Hall–Kier alpha value is -1.40. The number of carbonyl (C=O) groups excluding carboxylic acids is 1. The van der Waals surface area contributed by atoms with Crippen molar-refractivity contribution in [3.05, 3.63) is 35.4 Å². The van der Waals surface area contributed by atoms with E-state index in [1.807, 2.05) is 0 Å². The van der Waals surface area contributed by atoms with Crippen LogP contribution in [0.3, 0.4) is 0 Å². The minimum Gasteiger partial charge on any atom is -0.465 e. The van der Waals surface area contributed by atoms with Crippen LogP contribution in [-0.4, -0.2) is 39.1 Å². The molecule has 5 nitrogen and oxygen atoms in total. The lowest BCUT2D eigenvalue weighted by Crippen LogP contribution is -2.26. The zero-order valence-corrected chi connectivity index (χ0v) is 10.8. The van der Waals surface area contributed by atoms with Gasteiger partial charge in [0, 0.05) is 13.6 Å². The van der Waals surface area contributed by atoms with Crippen molar-refractivity contribution in [3.8, 4) is 0 Å². The van der Waals surface area contributed by atoms with Gasteiger partial charge in [0.1, 0.15) is 0 Å². The van der Waals surface area contributed by atoms with E-state index in [2.05, 4.69) is 4.74 Å². The van der Waals surface area contributed by atoms with Gasteiger partial charge in [0.25, 0.3) is 0 Å². The van der Waals surface area contributed by atoms with Gasteiger partial charge in [-0.3, -0.25) is 0 Å². The molecular formula is C11H15NO4S. The summed E-state index contributed by atoms with van der Waals surface area (Å²) in [7, 11) is -0.516. The van der Waals surface area contributed by atoms with E-state index in [9.17, 15) is 13.2 Å². The summed E-state index contributed by atoms with van der Waals surface area (Å²) in [5, 5.41) is 0. The van der Waals surface area contributed by atoms with Crippen LogP contribution in [0.1, 0.15) is 15.9 Å². The minimum atomic E-state index is -3.27. The van der Waals surface area contributed by atoms with Crippen molar-refractivity contribution >= 4 is 16.0 Å². The Morgan fingerprint density at radius 3 is 2.47 bits per heavy atom. The van der Waals surface area contributed by atoms with Gasteiger partial charge in [0.2, 0.25) is 10.0 Å². The third-order valence-electron chi connectivity index (χ3n) is 2.38. The van der Waals surface area contributed by atoms with Crippen molar-refractivity contribution in [1.29, 1.82) is 0 Å². The van der Waals surface area contributed by atoms with E-state index >= 15 is 0 Å². The van der Waals surface area contributed by atoms with E-state index in [0.29, 0.717) is 11.1 Å². The summed E-state index contributed by atoms with van der Waals surface area (Å²) < 4.78 is 28.4. The van der Waals surface area contributed by atoms with Crippen LogP contribution in [0.5, 0.6) is 0 Å². The first-order valence-electron chi connectivity index (χ1n) is 4.93. The number of rotatable bonds is 4. The maximum Gasteiger partial charge on any atom is 0.338 e. The molecule has 0 unspecified atom stereocenters. The molecule has 0 aliphatic rings. The Labute approximate surface area is 101 Å². The lowest BCUT2D eigenvalue weighted by molar-refractivity contribution is 0.0599. The smallest absolute Gasteiger partial charge is 0.338 e. The highest BCUT2D eigenvalue weighted by Gasteiger charge is 2.16. The van der Waals surface area contributed by atoms with Gasteiger partial charge in [-0.05, 0) is 11.6 Å². The van der Waals surface area contributed by atoms with E-state index in [0.717, 1.165) is 6.26 Å². The van der Waals surface area contributed by atoms with Gasteiger partial charge in [0.15, 0.2) is 0 Å². The molecule has 6 heteroatoms. The van der Waals surface area contributed by atoms with E-state index in [1.54, 1.807) is 24.3 Å². The Morgan fingerprint density at radius 2 is 1.94 bits per heavy atom. The quantitative estimate of drug-likeness (QED) is 0.751. The zero-order chi connectivity index (χ0) is 13.1. The van der Waals surface area contributed by atoms with E-state index in [4.69, 9.17) is 0 Å². The van der Waals surface area contributed by atoms with Crippen LogP contribution >= 0.6 is 0 Å². The summed E-state index contributed by atoms with van der Waals surface area (Å²) in [6.45, 7) is 0.143. The third-order valence-corrected chi connectivity index (χ3v) is 3.64. The molecule has 0 heterocycles. The SMILES string of the molecule is COC(=O)c1ccccc1CN(C)S(C)(=O)=O. The predicted molar refractivity (Wildman–Crippen MR) is 64.1 cm³/mol. The van der Waals surface area contributed by atoms with Gasteiger partial charge in [-0.25, -0.2) is 17.5 Å². The molecule has 0 atom stereocenters. The Kier molecular flexibility index (Phi) is 4.25. The van der Waals surface area contributed by atoms with E-state index in [-0.39, 0.29) is 6.54 Å². The zero-order valence-electron chi connectivity index (χ0n) is 10.0. The molecule has 0 spiro atoms. The van der Waals surface area contributed by atoms with Crippen LogP contribution in [0, 0.1) is 0 Å². The fourth-order valence-corrected chi connectivity index (χ4v) is 1.70. The van der Waals surface area contributed by atoms with Crippen LogP contribution in [-0.2, 0) is 21.3 Å². The van der Waals surface area contributed by atoms with Crippen LogP contribution < -0.4 is 0 Å². The summed E-state index contributed by atoms with van der Waals surface area (Å²) in [4.78, 5) is 11.5. The Bertz CT molecular complexity index is 510. The monoisotopic (exact) mass is 257 g/mol. The average Bonchev–Trinajstić information content (AvgIpc) is 2.27. The van der Waals surface area contributed by atoms with Crippen molar-refractivity contribution in [1.82, 2.24) is 4.31 Å². The van der Waals surface area contributed by atoms with Gasteiger partial charge in [-0.1, -0.05) is 18.2 Å². The maximum atomic E-state index is 11.5. The van der Waals surface area contributed by atoms with Crippen LogP contribution in [0.25, 0.3) is 0 Å². The van der Waals surface area contributed by atoms with Crippen molar-refractivity contribution in [2.24, 2.45) is 0 Å². The summed E-state index contributed by atoms with van der Waals surface area (Å²) in [6.07, 6.45) is 1.12. The fraction of sp³-hybridized carbons (Fsp3) is 0.364. The normalized spacial score (nSPS) is 11.5. The Morgan fingerprint density at radius 1 is 1.35 bits per heavy atom. The van der Waals surface area contributed by atoms with Gasteiger partial charge in [-0.15, -0.1) is 0 Å². The number of ether oxygens (including phenoxy) is 1. The molecule has 0 amide bonds. The van der Waals surface area contributed by atoms with Gasteiger partial charge >= 0.3 is 5.97 Å². The van der Waals surface area contributed by atoms with Gasteiger partial charge < -0.3 is 4.74 Å². The molecule has 0 saturated carbocycles. The van der Waals surface area contributed by atoms with Crippen molar-refractivity contribution in [3.63, 3.8) is 0 Å². The predicted octanol–water partition coefficient (Wildman–Crippen LogP) is 0.865. The first kappa shape index (κ1) is 13.7. The van der Waals surface area contributed by atoms with Crippen LogP contribution in [0.2, 0.25) is 0 Å². The minimum absolute atomic E-state index is 0.143. The number of nitrogens with zero attached hydrogens (tertiary/aromatic N) is 1. The molecule has 0 aromatic heterocycles. The number of methoxy groups -OCH3 is 1. The number of carbonyl (C=O) groups is 1. The lowest BCUT2D eigenvalue weighted by Gasteiger charge is -2.15. The highest BCUT2D eigenvalue weighted by atomic mass is 32.2. The molecule has 0 bridgehead atoms. The second kappa shape index (κ2) is 5.29. The van der Waals surface area contributed by atoms with Crippen LogP contribution in [0.4, 0.5) is 0 Å². The van der Waals surface area contributed by atoms with E-state index < -0.39 is 16.0 Å². The first-order valence-corrected chi connectivity index (χ1v) is 6.78. The van der Waals surface area contributed by atoms with Crippen LogP contribution in [0.15, 0.2) is 24.3 Å². The molecular weight excluding hydrogens is 242 g/mol. The van der Waals surface area contributed by atoms with Gasteiger partial charge in [0.05, 0.1) is 18.9 Å². The highest BCUT2D eigenvalue weighted by Crippen LogP contribution is 2.13. The molecule has 1 aromatic rings. The molecule has 1 rings (SSSR count). The second-order valence-corrected chi connectivity index (χ2v) is 5.76. The summed E-state index contributed by atoms with van der Waals surface area (Å²) >= 11 is 0. The van der Waals surface area contributed by atoms with E-state index in [1.165, 1.54) is 18.5 Å². The molecule has 17 heavy (non-hydrogen) atoms. The molecule has 0 aliphatic heterocycles. The lowest BCUT2D eigenvalue weighted by atomic mass is 10.1. The summed E-state index contributed by atoms with van der Waals surface area (Å²) in [6, 6.07) is 6.76. The summed E-state index contributed by atoms with van der Waals surface area (Å²) in [5.41, 5.74) is 0.998. The molecule has 0 fully saturated rings. The molecule has 0 saturated heterocycles. The van der Waals surface area contributed by atoms with Crippen molar-refractivity contribution in [2.75, 3.05) is 20.4 Å². The summed E-state index contributed by atoms with van der Waals surface area (Å²) in [5.74, 6) is -0.470. The number of hydrogen-bond donors (Lipinski definition) is 0. The number of hydrogen-bond acceptors (Lipinski definition) is 4. The first-order chi connectivity index (χ1) is 7.86. The number of sulfonamides is 1. The fourth-order valence-electron chi connectivity index (χ4n) is 1.32. The van der Waals surface area contributed by atoms with Crippen molar-refractivity contribution in [2.45, 2.75) is 6.54 Å². The topological polar surface area (TPSA) is 63.7 Å². The number of esters is 1. The average molecular weight is 257 g/mol. The van der Waals surface area contributed by atoms with Gasteiger partial charge in [-0.2, -0.15) is 0 Å². The standard InChI is InChI=1S/C11H15NO4S/c1-12(17(3,14)15)8-9-6-4-5-7-10(9)11(13)16-2/h4-7H,8H2,1-3H3. The molecule has 0 N–H and O–H groups in total. The van der Waals surface area contributed by atoms with Crippen molar-refractivity contribution < 1.29 is 17.9 Å².